The Labute approximate surface area is 104 Å². The maximum atomic E-state index is 11.5. The molecule has 1 atom stereocenters. The Morgan fingerprint density at radius 1 is 1.50 bits per heavy atom. The van der Waals surface area contributed by atoms with Gasteiger partial charge in [-0.25, -0.2) is 4.79 Å². The van der Waals surface area contributed by atoms with Gasteiger partial charge >= 0.3 is 12.0 Å². The van der Waals surface area contributed by atoms with Gasteiger partial charge in [0.2, 0.25) is 5.91 Å². The number of amides is 3. The van der Waals surface area contributed by atoms with E-state index in [2.05, 4.69) is 4.74 Å². The number of primary amides is 1. The van der Waals surface area contributed by atoms with Gasteiger partial charge in [-0.05, 0) is 0 Å². The number of morpholine rings is 1. The molecule has 1 saturated heterocycles. The Morgan fingerprint density at radius 3 is 2.83 bits per heavy atom. The number of hydrogen-bond donors (Lipinski definition) is 2. The smallest absolute Gasteiger partial charge is 0.325 e. The third-order valence-corrected chi connectivity index (χ3v) is 2.60. The fourth-order valence-corrected chi connectivity index (χ4v) is 1.70. The number of imide groups is 1. The summed E-state index contributed by atoms with van der Waals surface area (Å²) in [5.74, 6) is -0.873. The van der Waals surface area contributed by atoms with E-state index in [0.717, 1.165) is 0 Å². The molecular weight excluding hydrogens is 242 g/mol. The van der Waals surface area contributed by atoms with Gasteiger partial charge in [-0.2, -0.15) is 0 Å². The van der Waals surface area contributed by atoms with Crippen molar-refractivity contribution in [2.24, 2.45) is 5.73 Å². The zero-order chi connectivity index (χ0) is 13.5. The molecule has 1 aliphatic heterocycles. The van der Waals surface area contributed by atoms with Gasteiger partial charge < -0.3 is 15.2 Å². The molecule has 102 valence electrons. The third-order valence-electron chi connectivity index (χ3n) is 2.60. The number of hydrogen-bond acceptors (Lipinski definition) is 6. The maximum absolute atomic E-state index is 11.5. The van der Waals surface area contributed by atoms with Crippen molar-refractivity contribution >= 4 is 17.9 Å². The van der Waals surface area contributed by atoms with Crippen molar-refractivity contribution in [2.45, 2.75) is 12.5 Å². The maximum Gasteiger partial charge on any atom is 0.325 e. The van der Waals surface area contributed by atoms with E-state index in [1.54, 1.807) is 4.90 Å². The molecule has 3 N–H and O–H groups in total. The monoisotopic (exact) mass is 259 g/mol. The predicted octanol–water partition coefficient (Wildman–Crippen LogP) is -1.55. The fourth-order valence-electron chi connectivity index (χ4n) is 1.70. The molecule has 8 nitrogen and oxygen atoms in total. The summed E-state index contributed by atoms with van der Waals surface area (Å²) in [6, 6.07) is -1.39. The van der Waals surface area contributed by atoms with Crippen LogP contribution in [0.2, 0.25) is 0 Å². The quantitative estimate of drug-likeness (QED) is 0.591. The van der Waals surface area contributed by atoms with Gasteiger partial charge in [0.15, 0.2) is 0 Å². The van der Waals surface area contributed by atoms with Gasteiger partial charge in [-0.3, -0.25) is 19.8 Å². The zero-order valence-corrected chi connectivity index (χ0v) is 10.2. The summed E-state index contributed by atoms with van der Waals surface area (Å²) >= 11 is 0. The lowest BCUT2D eigenvalue weighted by atomic mass is 10.2. The van der Waals surface area contributed by atoms with Crippen LogP contribution in [-0.2, 0) is 19.1 Å². The molecule has 1 unspecified atom stereocenters. The Morgan fingerprint density at radius 2 is 2.22 bits per heavy atom. The van der Waals surface area contributed by atoms with Crippen LogP contribution in [0, 0.1) is 0 Å². The Bertz CT molecular complexity index is 333. The number of ether oxygens (including phenoxy) is 2. The molecule has 0 radical (unpaired) electrons. The molecule has 0 bridgehead atoms. The molecule has 3 amide bonds. The number of urea groups is 1. The second-order valence-corrected chi connectivity index (χ2v) is 3.81. The van der Waals surface area contributed by atoms with E-state index in [9.17, 15) is 14.4 Å². The van der Waals surface area contributed by atoms with Crippen LogP contribution in [0.3, 0.4) is 0 Å². The van der Waals surface area contributed by atoms with Crippen molar-refractivity contribution in [2.75, 3.05) is 33.4 Å². The van der Waals surface area contributed by atoms with Crippen molar-refractivity contribution < 1.29 is 23.9 Å². The average Bonchev–Trinajstić information content (AvgIpc) is 2.35. The topological polar surface area (TPSA) is 111 Å². The minimum absolute atomic E-state index is 0.0798. The first-order chi connectivity index (χ1) is 8.54. The van der Waals surface area contributed by atoms with Crippen molar-refractivity contribution in [3.05, 3.63) is 0 Å². The van der Waals surface area contributed by atoms with Crippen LogP contribution in [0.25, 0.3) is 0 Å². The van der Waals surface area contributed by atoms with Crippen molar-refractivity contribution in [3.63, 3.8) is 0 Å². The molecule has 0 saturated carbocycles. The van der Waals surface area contributed by atoms with E-state index in [0.29, 0.717) is 19.7 Å². The highest BCUT2D eigenvalue weighted by Crippen LogP contribution is 2.09. The Hall–Kier alpha value is -1.67. The predicted molar refractivity (Wildman–Crippen MR) is 60.5 cm³/mol. The lowest BCUT2D eigenvalue weighted by Crippen LogP contribution is -2.51. The minimum Gasteiger partial charge on any atom is -0.468 e. The summed E-state index contributed by atoms with van der Waals surface area (Å²) in [5.41, 5.74) is 4.82. The van der Waals surface area contributed by atoms with Crippen LogP contribution in [-0.4, -0.2) is 62.3 Å². The van der Waals surface area contributed by atoms with E-state index in [1.165, 1.54) is 7.11 Å². The molecule has 1 fully saturated rings. The number of methoxy groups -OCH3 is 1. The first-order valence-electron chi connectivity index (χ1n) is 5.53. The summed E-state index contributed by atoms with van der Waals surface area (Å²) < 4.78 is 9.85. The number of nitrogens with one attached hydrogen (secondary N) is 1. The second kappa shape index (κ2) is 6.92. The Balaban J connectivity index is 2.45. The largest absolute Gasteiger partial charge is 0.468 e. The molecule has 1 aliphatic rings. The number of carbonyl (C=O) groups is 3. The SMILES string of the molecule is COC(=O)C1COCCN1CCC(=O)NC(N)=O. The third kappa shape index (κ3) is 4.30. The highest BCUT2D eigenvalue weighted by Gasteiger charge is 2.30. The molecule has 8 heteroatoms. The molecular formula is C10H17N3O5. The first kappa shape index (κ1) is 14.4. The van der Waals surface area contributed by atoms with E-state index in [4.69, 9.17) is 10.5 Å². The lowest BCUT2D eigenvalue weighted by Gasteiger charge is -2.33. The summed E-state index contributed by atoms with van der Waals surface area (Å²) in [6.07, 6.45) is 0.0798. The standard InChI is InChI=1S/C10H17N3O5/c1-17-9(15)7-6-18-5-4-13(7)3-2-8(14)12-10(11)16/h7H,2-6H2,1H3,(H3,11,12,14,16). The molecule has 0 aromatic rings. The molecule has 1 rings (SSSR count). The van der Waals surface area contributed by atoms with Gasteiger partial charge in [0.25, 0.3) is 0 Å². The van der Waals surface area contributed by atoms with Gasteiger partial charge in [-0.1, -0.05) is 0 Å². The first-order valence-corrected chi connectivity index (χ1v) is 5.53. The fraction of sp³-hybridized carbons (Fsp3) is 0.700. The van der Waals surface area contributed by atoms with Crippen LogP contribution >= 0.6 is 0 Å². The number of carbonyl (C=O) groups excluding carboxylic acids is 3. The summed E-state index contributed by atoms with van der Waals surface area (Å²) in [7, 11) is 1.30. The molecule has 0 aromatic heterocycles. The van der Waals surface area contributed by atoms with Crippen LogP contribution < -0.4 is 11.1 Å². The van der Waals surface area contributed by atoms with E-state index >= 15 is 0 Å². The van der Waals surface area contributed by atoms with Crippen molar-refractivity contribution in [1.29, 1.82) is 0 Å². The Kier molecular flexibility index (Phi) is 5.53. The summed E-state index contributed by atoms with van der Waals surface area (Å²) in [4.78, 5) is 35.0. The van der Waals surface area contributed by atoms with Crippen molar-refractivity contribution in [3.8, 4) is 0 Å². The summed E-state index contributed by atoms with van der Waals surface area (Å²) in [6.45, 7) is 1.60. The van der Waals surface area contributed by atoms with E-state index in [1.807, 2.05) is 5.32 Å². The number of nitrogens with two attached hydrogens (primary N) is 1. The number of rotatable bonds is 4. The lowest BCUT2D eigenvalue weighted by molar-refractivity contribution is -0.153. The number of esters is 1. The normalized spacial score (nSPS) is 20.2. The van der Waals surface area contributed by atoms with Gasteiger partial charge in [0.1, 0.15) is 6.04 Å². The van der Waals surface area contributed by atoms with Gasteiger partial charge in [0, 0.05) is 19.5 Å². The van der Waals surface area contributed by atoms with Crippen LogP contribution in [0.1, 0.15) is 6.42 Å². The van der Waals surface area contributed by atoms with Crippen molar-refractivity contribution in [1.82, 2.24) is 10.2 Å². The molecule has 18 heavy (non-hydrogen) atoms. The van der Waals surface area contributed by atoms with Gasteiger partial charge in [0.05, 0.1) is 20.3 Å². The minimum atomic E-state index is -0.883. The summed E-state index contributed by atoms with van der Waals surface area (Å²) in [5, 5.41) is 1.97. The number of nitrogens with zero attached hydrogens (tertiary/aromatic N) is 1. The molecule has 1 heterocycles. The van der Waals surface area contributed by atoms with E-state index in [-0.39, 0.29) is 13.0 Å². The second-order valence-electron chi connectivity index (χ2n) is 3.81. The van der Waals surface area contributed by atoms with Crippen LogP contribution in [0.15, 0.2) is 0 Å². The molecule has 0 aliphatic carbocycles. The molecule has 0 spiro atoms. The van der Waals surface area contributed by atoms with Gasteiger partial charge in [-0.15, -0.1) is 0 Å². The molecule has 0 aromatic carbocycles. The highest BCUT2D eigenvalue weighted by molar-refractivity contribution is 5.93. The highest BCUT2D eigenvalue weighted by atomic mass is 16.5. The van der Waals surface area contributed by atoms with Crippen LogP contribution in [0.4, 0.5) is 4.79 Å². The zero-order valence-electron chi connectivity index (χ0n) is 10.2. The van der Waals surface area contributed by atoms with Crippen LogP contribution in [0.5, 0.6) is 0 Å². The average molecular weight is 259 g/mol. The van der Waals surface area contributed by atoms with E-state index < -0.39 is 23.9 Å².